The summed E-state index contributed by atoms with van der Waals surface area (Å²) in [5.74, 6) is -0.0866. The van der Waals surface area contributed by atoms with Gasteiger partial charge >= 0.3 is 5.97 Å². The first-order valence-corrected chi connectivity index (χ1v) is 11.2. The Morgan fingerprint density at radius 1 is 1.00 bits per heavy atom. The van der Waals surface area contributed by atoms with E-state index in [0.717, 1.165) is 0 Å². The van der Waals surface area contributed by atoms with Crippen LogP contribution in [0.4, 0.5) is 5.13 Å². The molecule has 0 radical (unpaired) electrons. The summed E-state index contributed by atoms with van der Waals surface area (Å²) in [7, 11) is 4.32. The summed E-state index contributed by atoms with van der Waals surface area (Å²) in [6.07, 6.45) is -0.0875. The summed E-state index contributed by atoms with van der Waals surface area (Å²) < 4.78 is 15.4. The molecule has 3 aromatic rings. The molecule has 2 N–H and O–H groups in total. The Hall–Kier alpha value is -3.92. The maximum atomic E-state index is 12.8. The van der Waals surface area contributed by atoms with Crippen molar-refractivity contribution in [2.24, 2.45) is 0 Å². The van der Waals surface area contributed by atoms with E-state index in [2.05, 4.69) is 15.6 Å². The van der Waals surface area contributed by atoms with Gasteiger partial charge in [0.1, 0.15) is 0 Å². The minimum absolute atomic E-state index is 0.0251. The minimum Gasteiger partial charge on any atom is -0.493 e. The molecule has 0 spiro atoms. The predicted octanol–water partition coefficient (Wildman–Crippen LogP) is 3.38. The third-order valence-electron chi connectivity index (χ3n) is 4.89. The first-order valence-electron chi connectivity index (χ1n) is 10.3. The van der Waals surface area contributed by atoms with E-state index in [1.807, 2.05) is 6.07 Å². The molecule has 3 rings (SSSR count). The average Bonchev–Trinajstić information content (AvgIpc) is 3.29. The maximum Gasteiger partial charge on any atom is 0.307 e. The molecule has 1 atom stereocenters. The third-order valence-corrected chi connectivity index (χ3v) is 5.70. The van der Waals surface area contributed by atoms with Gasteiger partial charge in [-0.1, -0.05) is 24.3 Å². The van der Waals surface area contributed by atoms with Crippen LogP contribution in [0.5, 0.6) is 11.5 Å². The Kier molecular flexibility index (Phi) is 8.58. The van der Waals surface area contributed by atoms with Gasteiger partial charge in [-0.15, -0.1) is 11.3 Å². The topological polar surface area (TPSA) is 116 Å². The van der Waals surface area contributed by atoms with E-state index < -0.39 is 12.0 Å². The van der Waals surface area contributed by atoms with E-state index >= 15 is 0 Å². The number of benzene rings is 2. The zero-order valence-electron chi connectivity index (χ0n) is 19.0. The van der Waals surface area contributed by atoms with Crippen LogP contribution in [0.1, 0.15) is 34.1 Å². The highest BCUT2D eigenvalue weighted by molar-refractivity contribution is 7.14. The number of aromatic nitrogens is 1. The highest BCUT2D eigenvalue weighted by Gasteiger charge is 2.21. The minimum atomic E-state index is -0.643. The molecule has 34 heavy (non-hydrogen) atoms. The van der Waals surface area contributed by atoms with Crippen LogP contribution >= 0.6 is 11.3 Å². The molecule has 1 heterocycles. The molecule has 9 nitrogen and oxygen atoms in total. The highest BCUT2D eigenvalue weighted by Crippen LogP contribution is 2.31. The molecule has 2 amide bonds. The summed E-state index contributed by atoms with van der Waals surface area (Å²) in [6, 6.07) is 13.3. The Morgan fingerprint density at radius 2 is 1.74 bits per heavy atom. The number of carbonyl (C=O) groups excluding carboxylic acids is 3. The molecule has 0 bridgehead atoms. The van der Waals surface area contributed by atoms with Crippen molar-refractivity contribution in [1.29, 1.82) is 0 Å². The van der Waals surface area contributed by atoms with Gasteiger partial charge in [-0.05, 0) is 29.8 Å². The first kappa shape index (κ1) is 24.7. The zero-order valence-corrected chi connectivity index (χ0v) is 19.8. The maximum absolute atomic E-state index is 12.8. The monoisotopic (exact) mass is 483 g/mol. The van der Waals surface area contributed by atoms with E-state index in [0.29, 0.717) is 33.5 Å². The smallest absolute Gasteiger partial charge is 0.307 e. The largest absolute Gasteiger partial charge is 0.493 e. The van der Waals surface area contributed by atoms with Crippen LogP contribution in [-0.4, -0.2) is 44.1 Å². The van der Waals surface area contributed by atoms with Crippen LogP contribution < -0.4 is 20.1 Å². The van der Waals surface area contributed by atoms with Crippen molar-refractivity contribution in [2.45, 2.75) is 18.9 Å². The molecular formula is C24H25N3O6S. The quantitative estimate of drug-likeness (QED) is 0.425. The van der Waals surface area contributed by atoms with Crippen molar-refractivity contribution in [1.82, 2.24) is 10.3 Å². The van der Waals surface area contributed by atoms with E-state index in [9.17, 15) is 14.4 Å². The van der Waals surface area contributed by atoms with Crippen molar-refractivity contribution in [2.75, 3.05) is 26.6 Å². The SMILES string of the molecule is COC(=O)CC(NC(=O)Cc1csc(NC(=O)c2ccccc2)n1)c1ccc(OC)c(OC)c1. The molecular weight excluding hydrogens is 458 g/mol. The van der Waals surface area contributed by atoms with Crippen molar-refractivity contribution in [3.8, 4) is 11.5 Å². The van der Waals surface area contributed by atoms with Crippen LogP contribution in [0.2, 0.25) is 0 Å². The fourth-order valence-electron chi connectivity index (χ4n) is 3.19. The predicted molar refractivity (Wildman–Crippen MR) is 127 cm³/mol. The molecule has 2 aromatic carbocycles. The molecule has 1 aromatic heterocycles. The number of hydrogen-bond donors (Lipinski definition) is 2. The number of anilines is 1. The Morgan fingerprint density at radius 3 is 2.41 bits per heavy atom. The van der Waals surface area contributed by atoms with Gasteiger partial charge in [0.15, 0.2) is 16.6 Å². The lowest BCUT2D eigenvalue weighted by atomic mass is 10.0. The Bertz CT molecular complexity index is 1150. The van der Waals surface area contributed by atoms with Crippen LogP contribution in [0.25, 0.3) is 0 Å². The number of esters is 1. The lowest BCUT2D eigenvalue weighted by molar-refractivity contribution is -0.141. The van der Waals surface area contributed by atoms with E-state index in [-0.39, 0.29) is 24.7 Å². The van der Waals surface area contributed by atoms with Gasteiger partial charge in [0.05, 0.1) is 45.9 Å². The van der Waals surface area contributed by atoms with E-state index in [4.69, 9.17) is 14.2 Å². The summed E-state index contributed by atoms with van der Waals surface area (Å²) in [6.45, 7) is 0. The van der Waals surface area contributed by atoms with E-state index in [1.54, 1.807) is 47.8 Å². The number of thiazole rings is 1. The molecule has 0 saturated carbocycles. The second-order valence-corrected chi connectivity index (χ2v) is 8.01. The lowest BCUT2D eigenvalue weighted by Crippen LogP contribution is -2.31. The van der Waals surface area contributed by atoms with Crippen molar-refractivity contribution in [3.63, 3.8) is 0 Å². The van der Waals surface area contributed by atoms with Gasteiger partial charge in [-0.3, -0.25) is 19.7 Å². The molecule has 0 saturated heterocycles. The van der Waals surface area contributed by atoms with Gasteiger partial charge in [0.2, 0.25) is 5.91 Å². The molecule has 178 valence electrons. The summed E-state index contributed by atoms with van der Waals surface area (Å²) in [5.41, 5.74) is 1.66. The number of ether oxygens (including phenoxy) is 3. The lowest BCUT2D eigenvalue weighted by Gasteiger charge is -2.19. The number of rotatable bonds is 10. The van der Waals surface area contributed by atoms with Gasteiger partial charge in [-0.25, -0.2) is 4.98 Å². The van der Waals surface area contributed by atoms with E-state index in [1.165, 1.54) is 32.7 Å². The van der Waals surface area contributed by atoms with Gasteiger partial charge in [0, 0.05) is 10.9 Å². The molecule has 0 aliphatic carbocycles. The summed E-state index contributed by atoms with van der Waals surface area (Å²) in [5, 5.41) is 7.67. The van der Waals surface area contributed by atoms with Crippen molar-refractivity contribution < 1.29 is 28.6 Å². The Balaban J connectivity index is 1.68. The molecule has 1 unspecified atom stereocenters. The van der Waals surface area contributed by atoms with Gasteiger partial charge < -0.3 is 19.5 Å². The summed E-state index contributed by atoms with van der Waals surface area (Å²) in [4.78, 5) is 41.3. The van der Waals surface area contributed by atoms with Gasteiger partial charge in [0.25, 0.3) is 5.91 Å². The summed E-state index contributed by atoms with van der Waals surface area (Å²) >= 11 is 1.23. The number of nitrogens with zero attached hydrogens (tertiary/aromatic N) is 1. The van der Waals surface area contributed by atoms with Crippen LogP contribution in [0.3, 0.4) is 0 Å². The van der Waals surface area contributed by atoms with Crippen molar-refractivity contribution in [3.05, 3.63) is 70.7 Å². The van der Waals surface area contributed by atoms with Crippen LogP contribution in [0, 0.1) is 0 Å². The number of carbonyl (C=O) groups is 3. The highest BCUT2D eigenvalue weighted by atomic mass is 32.1. The standard InChI is InChI=1S/C24H25N3O6S/c1-31-19-10-9-16(11-20(19)32-2)18(13-22(29)33-3)26-21(28)12-17-14-34-24(25-17)27-23(30)15-7-5-4-6-8-15/h4-11,14,18H,12-13H2,1-3H3,(H,26,28)(H,25,27,30). The van der Waals surface area contributed by atoms with Crippen LogP contribution in [-0.2, 0) is 20.7 Å². The normalized spacial score (nSPS) is 11.3. The fraction of sp³-hybridized carbons (Fsp3) is 0.250. The third kappa shape index (κ3) is 6.55. The number of amides is 2. The second kappa shape index (κ2) is 11.8. The Labute approximate surface area is 201 Å². The zero-order chi connectivity index (χ0) is 24.5. The molecule has 10 heteroatoms. The van der Waals surface area contributed by atoms with Crippen LogP contribution in [0.15, 0.2) is 53.9 Å². The van der Waals surface area contributed by atoms with Crippen molar-refractivity contribution >= 4 is 34.3 Å². The number of nitrogens with one attached hydrogen (secondary N) is 2. The molecule has 0 fully saturated rings. The number of methoxy groups -OCH3 is 3. The average molecular weight is 484 g/mol. The fourth-order valence-corrected chi connectivity index (χ4v) is 3.89. The molecule has 0 aliphatic heterocycles. The number of hydrogen-bond acceptors (Lipinski definition) is 8. The first-order chi connectivity index (χ1) is 16.4. The van der Waals surface area contributed by atoms with Gasteiger partial charge in [-0.2, -0.15) is 0 Å². The second-order valence-electron chi connectivity index (χ2n) is 7.16. The molecule has 0 aliphatic rings.